The molecule has 0 unspecified atom stereocenters. The predicted molar refractivity (Wildman–Crippen MR) is 82.5 cm³/mol. The molecule has 1 atom stereocenters. The molecular weight excluding hydrogens is 280 g/mol. The third-order valence-electron chi connectivity index (χ3n) is 3.72. The van der Waals surface area contributed by atoms with Gasteiger partial charge in [-0.3, -0.25) is 4.79 Å². The van der Waals surface area contributed by atoms with Crippen LogP contribution in [0, 0.1) is 0 Å². The predicted octanol–water partition coefficient (Wildman–Crippen LogP) is 1.33. The number of methoxy groups -OCH3 is 1. The largest absolute Gasteiger partial charge is 0.481 e. The third kappa shape index (κ3) is 2.92. The summed E-state index contributed by atoms with van der Waals surface area (Å²) in [5, 5.41) is 0. The molecule has 114 valence electrons. The fourth-order valence-electron chi connectivity index (χ4n) is 2.54. The lowest BCUT2D eigenvalue weighted by atomic mass is 10.1. The fourth-order valence-corrected chi connectivity index (χ4v) is 2.54. The van der Waals surface area contributed by atoms with Gasteiger partial charge < -0.3 is 15.4 Å². The summed E-state index contributed by atoms with van der Waals surface area (Å²) in [6, 6.07) is 9.08. The first-order valence-electron chi connectivity index (χ1n) is 7.19. The van der Waals surface area contributed by atoms with E-state index in [1.165, 1.54) is 0 Å². The van der Waals surface area contributed by atoms with Crippen LogP contribution in [0.25, 0.3) is 11.4 Å². The molecule has 0 aliphatic carbocycles. The Labute approximate surface area is 128 Å². The summed E-state index contributed by atoms with van der Waals surface area (Å²) in [4.78, 5) is 22.8. The Kier molecular flexibility index (Phi) is 4.02. The maximum Gasteiger partial charge on any atom is 0.253 e. The zero-order valence-electron chi connectivity index (χ0n) is 12.4. The first kappa shape index (κ1) is 14.5. The molecular formula is C16H18N4O2. The Hall–Kier alpha value is -2.47. The van der Waals surface area contributed by atoms with Crippen molar-refractivity contribution >= 4 is 5.91 Å². The van der Waals surface area contributed by atoms with Gasteiger partial charge in [0, 0.05) is 42.5 Å². The van der Waals surface area contributed by atoms with E-state index in [1.807, 2.05) is 12.1 Å². The molecule has 2 aromatic rings. The summed E-state index contributed by atoms with van der Waals surface area (Å²) in [5.41, 5.74) is 7.27. The standard InChI is InChI=1S/C16H18N4O2/c1-22-14-5-7-18-15(19-14)11-3-2-4-12(9-11)16(21)20-8-6-13(17)10-20/h2-5,7,9,13H,6,8,10,17H2,1H3/t13-/m1/s1. The van der Waals surface area contributed by atoms with Crippen LogP contribution in [0.5, 0.6) is 5.88 Å². The van der Waals surface area contributed by atoms with E-state index in [0.29, 0.717) is 30.4 Å². The Balaban J connectivity index is 1.87. The van der Waals surface area contributed by atoms with Gasteiger partial charge in [0.15, 0.2) is 5.82 Å². The normalized spacial score (nSPS) is 17.5. The van der Waals surface area contributed by atoms with E-state index in [9.17, 15) is 4.79 Å². The van der Waals surface area contributed by atoms with Crippen LogP contribution in [0.4, 0.5) is 0 Å². The van der Waals surface area contributed by atoms with Gasteiger partial charge in [0.1, 0.15) is 0 Å². The molecule has 6 nitrogen and oxygen atoms in total. The molecule has 1 aliphatic heterocycles. The van der Waals surface area contributed by atoms with Crippen molar-refractivity contribution < 1.29 is 9.53 Å². The van der Waals surface area contributed by atoms with Gasteiger partial charge in [0.25, 0.3) is 5.91 Å². The molecule has 22 heavy (non-hydrogen) atoms. The average molecular weight is 298 g/mol. The summed E-state index contributed by atoms with van der Waals surface area (Å²) >= 11 is 0. The van der Waals surface area contributed by atoms with Gasteiger partial charge in [-0.2, -0.15) is 4.98 Å². The molecule has 1 fully saturated rings. The van der Waals surface area contributed by atoms with E-state index in [1.54, 1.807) is 36.4 Å². The molecule has 6 heteroatoms. The molecule has 1 amide bonds. The van der Waals surface area contributed by atoms with E-state index in [2.05, 4.69) is 9.97 Å². The summed E-state index contributed by atoms with van der Waals surface area (Å²) in [5.74, 6) is 1.03. The minimum absolute atomic E-state index is 0.00213. The van der Waals surface area contributed by atoms with Crippen molar-refractivity contribution in [1.82, 2.24) is 14.9 Å². The number of carbonyl (C=O) groups excluding carboxylic acids is 1. The summed E-state index contributed by atoms with van der Waals surface area (Å²) in [6.45, 7) is 1.32. The highest BCUT2D eigenvalue weighted by molar-refractivity contribution is 5.95. The molecule has 1 aliphatic rings. The highest BCUT2D eigenvalue weighted by Gasteiger charge is 2.24. The lowest BCUT2D eigenvalue weighted by Gasteiger charge is -2.16. The second-order valence-corrected chi connectivity index (χ2v) is 5.30. The van der Waals surface area contributed by atoms with E-state index in [4.69, 9.17) is 10.5 Å². The number of rotatable bonds is 3. The Morgan fingerprint density at radius 2 is 2.27 bits per heavy atom. The van der Waals surface area contributed by atoms with Crippen LogP contribution in [-0.2, 0) is 0 Å². The van der Waals surface area contributed by atoms with E-state index in [-0.39, 0.29) is 11.9 Å². The SMILES string of the molecule is COc1ccnc(-c2cccc(C(=O)N3CC[C@@H](N)C3)c2)n1. The quantitative estimate of drug-likeness (QED) is 0.924. The molecule has 3 rings (SSSR count). The number of carbonyl (C=O) groups is 1. The molecule has 0 bridgehead atoms. The van der Waals surface area contributed by atoms with Crippen LogP contribution in [0.1, 0.15) is 16.8 Å². The monoisotopic (exact) mass is 298 g/mol. The van der Waals surface area contributed by atoms with Crippen molar-refractivity contribution in [1.29, 1.82) is 0 Å². The summed E-state index contributed by atoms with van der Waals surface area (Å²) < 4.78 is 5.11. The lowest BCUT2D eigenvalue weighted by molar-refractivity contribution is 0.0791. The van der Waals surface area contributed by atoms with E-state index in [0.717, 1.165) is 12.0 Å². The van der Waals surface area contributed by atoms with Crippen LogP contribution >= 0.6 is 0 Å². The number of amides is 1. The zero-order valence-corrected chi connectivity index (χ0v) is 12.4. The van der Waals surface area contributed by atoms with Crippen LogP contribution in [0.15, 0.2) is 36.5 Å². The first-order chi connectivity index (χ1) is 10.7. The van der Waals surface area contributed by atoms with Crippen molar-refractivity contribution in [3.8, 4) is 17.3 Å². The minimum Gasteiger partial charge on any atom is -0.481 e. The molecule has 1 saturated heterocycles. The number of hydrogen-bond acceptors (Lipinski definition) is 5. The van der Waals surface area contributed by atoms with Crippen LogP contribution in [0.2, 0.25) is 0 Å². The van der Waals surface area contributed by atoms with Gasteiger partial charge in [0.05, 0.1) is 7.11 Å². The summed E-state index contributed by atoms with van der Waals surface area (Å²) in [7, 11) is 1.56. The van der Waals surface area contributed by atoms with Crippen molar-refractivity contribution in [3.05, 3.63) is 42.1 Å². The molecule has 2 N–H and O–H groups in total. The molecule has 0 radical (unpaired) electrons. The average Bonchev–Trinajstić information content (AvgIpc) is 3.01. The van der Waals surface area contributed by atoms with Gasteiger partial charge >= 0.3 is 0 Å². The highest BCUT2D eigenvalue weighted by atomic mass is 16.5. The van der Waals surface area contributed by atoms with Crippen molar-refractivity contribution in [2.24, 2.45) is 5.73 Å². The van der Waals surface area contributed by atoms with Crippen molar-refractivity contribution in [2.45, 2.75) is 12.5 Å². The molecule has 0 spiro atoms. The van der Waals surface area contributed by atoms with E-state index >= 15 is 0 Å². The third-order valence-corrected chi connectivity index (χ3v) is 3.72. The smallest absolute Gasteiger partial charge is 0.253 e. The van der Waals surface area contributed by atoms with Gasteiger partial charge in [0.2, 0.25) is 5.88 Å². The Morgan fingerprint density at radius 3 is 3.00 bits per heavy atom. The van der Waals surface area contributed by atoms with Crippen molar-refractivity contribution in [3.63, 3.8) is 0 Å². The maximum absolute atomic E-state index is 12.5. The Bertz CT molecular complexity index is 689. The molecule has 0 saturated carbocycles. The van der Waals surface area contributed by atoms with Gasteiger partial charge in [-0.15, -0.1) is 0 Å². The second-order valence-electron chi connectivity index (χ2n) is 5.30. The lowest BCUT2D eigenvalue weighted by Crippen LogP contribution is -2.31. The first-order valence-corrected chi connectivity index (χ1v) is 7.19. The van der Waals surface area contributed by atoms with Crippen molar-refractivity contribution in [2.75, 3.05) is 20.2 Å². The second kappa shape index (κ2) is 6.11. The number of aromatic nitrogens is 2. The van der Waals surface area contributed by atoms with Crippen LogP contribution < -0.4 is 10.5 Å². The van der Waals surface area contributed by atoms with Crippen LogP contribution in [-0.4, -0.2) is 47.0 Å². The number of nitrogens with zero attached hydrogens (tertiary/aromatic N) is 3. The molecule has 1 aromatic carbocycles. The fraction of sp³-hybridized carbons (Fsp3) is 0.312. The van der Waals surface area contributed by atoms with E-state index < -0.39 is 0 Å². The highest BCUT2D eigenvalue weighted by Crippen LogP contribution is 2.20. The minimum atomic E-state index is -0.00213. The number of nitrogens with two attached hydrogens (primary N) is 1. The number of ether oxygens (including phenoxy) is 1. The maximum atomic E-state index is 12.5. The molecule has 1 aromatic heterocycles. The van der Waals surface area contributed by atoms with Gasteiger partial charge in [-0.1, -0.05) is 12.1 Å². The van der Waals surface area contributed by atoms with Crippen LogP contribution in [0.3, 0.4) is 0 Å². The number of hydrogen-bond donors (Lipinski definition) is 1. The molecule has 2 heterocycles. The summed E-state index contributed by atoms with van der Waals surface area (Å²) in [6.07, 6.45) is 2.49. The zero-order chi connectivity index (χ0) is 15.5. The van der Waals surface area contributed by atoms with Gasteiger partial charge in [-0.25, -0.2) is 4.98 Å². The Morgan fingerprint density at radius 1 is 1.41 bits per heavy atom. The number of benzene rings is 1. The number of likely N-dealkylation sites (tertiary alicyclic amines) is 1. The topological polar surface area (TPSA) is 81.3 Å². The van der Waals surface area contributed by atoms with Gasteiger partial charge in [-0.05, 0) is 18.6 Å².